The van der Waals surface area contributed by atoms with E-state index < -0.39 is 11.6 Å². The third kappa shape index (κ3) is 3.27. The second-order valence-electron chi connectivity index (χ2n) is 4.58. The van der Waals surface area contributed by atoms with Gasteiger partial charge in [-0.05, 0) is 19.1 Å². The number of anilines is 1. The van der Waals surface area contributed by atoms with Crippen LogP contribution in [0.5, 0.6) is 0 Å². The highest BCUT2D eigenvalue weighted by atomic mass is 19.1. The summed E-state index contributed by atoms with van der Waals surface area (Å²) < 4.78 is 32.1. The first-order valence-electron chi connectivity index (χ1n) is 6.27. The molecule has 1 aliphatic rings. The van der Waals surface area contributed by atoms with Gasteiger partial charge in [0.15, 0.2) is 6.04 Å². The molecule has 0 bridgehead atoms. The van der Waals surface area contributed by atoms with Gasteiger partial charge < -0.3 is 15.0 Å². The van der Waals surface area contributed by atoms with Gasteiger partial charge in [-0.15, -0.1) is 0 Å². The smallest absolute Gasteiger partial charge is 0.282 e. The maximum atomic E-state index is 13.4. The molecule has 19 heavy (non-hydrogen) atoms. The van der Waals surface area contributed by atoms with Crippen LogP contribution in [-0.4, -0.2) is 38.3 Å². The lowest BCUT2D eigenvalue weighted by molar-refractivity contribution is -0.921. The second-order valence-corrected chi connectivity index (χ2v) is 4.58. The minimum Gasteiger partial charge on any atom is -0.370 e. The van der Waals surface area contributed by atoms with E-state index in [2.05, 4.69) is 5.32 Å². The third-order valence-electron chi connectivity index (χ3n) is 3.35. The van der Waals surface area contributed by atoms with Crippen molar-refractivity contribution in [3.8, 4) is 0 Å². The van der Waals surface area contributed by atoms with Crippen molar-refractivity contribution in [2.75, 3.05) is 31.6 Å². The molecule has 1 atom stereocenters. The first kappa shape index (κ1) is 13.9. The number of rotatable bonds is 3. The number of hydrogen-bond acceptors (Lipinski definition) is 2. The predicted molar refractivity (Wildman–Crippen MR) is 66.0 cm³/mol. The Balaban J connectivity index is 2.04. The summed E-state index contributed by atoms with van der Waals surface area (Å²) >= 11 is 0. The van der Waals surface area contributed by atoms with Crippen LogP contribution in [0.2, 0.25) is 0 Å². The molecule has 1 heterocycles. The zero-order chi connectivity index (χ0) is 13.8. The van der Waals surface area contributed by atoms with Crippen molar-refractivity contribution in [1.29, 1.82) is 0 Å². The molecule has 6 heteroatoms. The van der Waals surface area contributed by atoms with Crippen LogP contribution in [-0.2, 0) is 9.53 Å². The van der Waals surface area contributed by atoms with E-state index in [0.29, 0.717) is 26.3 Å². The molecule has 104 valence electrons. The molecule has 4 nitrogen and oxygen atoms in total. The van der Waals surface area contributed by atoms with Gasteiger partial charge in [-0.1, -0.05) is 6.07 Å². The van der Waals surface area contributed by atoms with Crippen molar-refractivity contribution in [3.63, 3.8) is 0 Å². The fourth-order valence-corrected chi connectivity index (χ4v) is 2.10. The molecule has 2 rings (SSSR count). The topological polar surface area (TPSA) is 42.8 Å². The Morgan fingerprint density at radius 3 is 2.47 bits per heavy atom. The molecule has 0 unspecified atom stereocenters. The number of nitrogens with one attached hydrogen (secondary N) is 2. The normalized spacial score (nSPS) is 18.1. The fraction of sp³-hybridized carbons (Fsp3) is 0.462. The first-order chi connectivity index (χ1) is 9.09. The number of halogens is 2. The number of quaternary nitrogens is 1. The minimum absolute atomic E-state index is 0.372. The van der Waals surface area contributed by atoms with Crippen LogP contribution in [0.3, 0.4) is 0 Å². The average Bonchev–Trinajstić information content (AvgIpc) is 2.43. The van der Waals surface area contributed by atoms with Gasteiger partial charge in [-0.2, -0.15) is 0 Å². The number of ether oxygens (including phenoxy) is 1. The molecular formula is C13H17F2N2O2+. The highest BCUT2D eigenvalue weighted by Gasteiger charge is 2.28. The monoisotopic (exact) mass is 271 g/mol. The lowest BCUT2D eigenvalue weighted by atomic mass is 10.2. The number of morpholine rings is 1. The van der Waals surface area contributed by atoms with Crippen LogP contribution in [0.4, 0.5) is 14.5 Å². The molecule has 0 aromatic heterocycles. The zero-order valence-electron chi connectivity index (χ0n) is 10.7. The van der Waals surface area contributed by atoms with E-state index in [-0.39, 0.29) is 17.6 Å². The predicted octanol–water partition coefficient (Wildman–Crippen LogP) is 0.207. The van der Waals surface area contributed by atoms with Crippen molar-refractivity contribution in [2.45, 2.75) is 13.0 Å². The Hall–Kier alpha value is -1.53. The average molecular weight is 271 g/mol. The van der Waals surface area contributed by atoms with Crippen molar-refractivity contribution in [1.82, 2.24) is 0 Å². The van der Waals surface area contributed by atoms with Gasteiger partial charge in [-0.3, -0.25) is 4.79 Å². The summed E-state index contributed by atoms with van der Waals surface area (Å²) in [6.07, 6.45) is 0. The van der Waals surface area contributed by atoms with Gasteiger partial charge in [0.2, 0.25) is 0 Å². The summed E-state index contributed by atoms with van der Waals surface area (Å²) in [5.74, 6) is -1.92. The number of amides is 1. The summed E-state index contributed by atoms with van der Waals surface area (Å²) in [4.78, 5) is 13.1. The van der Waals surface area contributed by atoms with Gasteiger partial charge >= 0.3 is 0 Å². The van der Waals surface area contributed by atoms with Gasteiger partial charge in [0.1, 0.15) is 30.4 Å². The van der Waals surface area contributed by atoms with Crippen molar-refractivity contribution >= 4 is 11.6 Å². The molecule has 1 aromatic carbocycles. The van der Waals surface area contributed by atoms with Gasteiger partial charge in [-0.25, -0.2) is 8.78 Å². The third-order valence-corrected chi connectivity index (χ3v) is 3.35. The SMILES string of the molecule is C[C@H](C(=O)Nc1c(F)cccc1F)[NH+]1CCOCC1. The van der Waals surface area contributed by atoms with E-state index in [4.69, 9.17) is 4.74 Å². The van der Waals surface area contributed by atoms with E-state index in [1.54, 1.807) is 6.92 Å². The molecule has 2 N–H and O–H groups in total. The van der Waals surface area contributed by atoms with Crippen LogP contribution >= 0.6 is 0 Å². The summed E-state index contributed by atoms with van der Waals surface area (Å²) in [7, 11) is 0. The van der Waals surface area contributed by atoms with Crippen LogP contribution < -0.4 is 10.2 Å². The largest absolute Gasteiger partial charge is 0.370 e. The highest BCUT2D eigenvalue weighted by Crippen LogP contribution is 2.17. The molecule has 0 aliphatic carbocycles. The number of para-hydroxylation sites is 1. The van der Waals surface area contributed by atoms with E-state index in [1.807, 2.05) is 0 Å². The molecular weight excluding hydrogens is 254 g/mol. The summed E-state index contributed by atoms with van der Waals surface area (Å²) in [6, 6.07) is 3.12. The Morgan fingerprint density at radius 2 is 1.89 bits per heavy atom. The molecule has 1 saturated heterocycles. The maximum Gasteiger partial charge on any atom is 0.282 e. The molecule has 0 spiro atoms. The van der Waals surface area contributed by atoms with E-state index in [1.165, 1.54) is 6.07 Å². The Bertz CT molecular complexity index is 442. The number of carbonyl (C=O) groups excluding carboxylic acids is 1. The van der Waals surface area contributed by atoms with Crippen LogP contribution in [0.15, 0.2) is 18.2 Å². The van der Waals surface area contributed by atoms with Crippen LogP contribution in [0, 0.1) is 11.6 Å². The molecule has 0 radical (unpaired) electrons. The summed E-state index contributed by atoms with van der Waals surface area (Å²) in [5.41, 5.74) is -0.382. The standard InChI is InChI=1S/C13H16F2N2O2/c1-9(17-5-7-19-8-6-17)13(18)16-12-10(14)3-2-4-11(12)15/h2-4,9H,5-8H2,1H3,(H,16,18)/p+1/t9-/m1/s1. The first-order valence-corrected chi connectivity index (χ1v) is 6.27. The molecule has 1 fully saturated rings. The van der Waals surface area contributed by atoms with Gasteiger partial charge in [0.05, 0.1) is 13.2 Å². The summed E-state index contributed by atoms with van der Waals surface area (Å²) in [5, 5.41) is 2.32. The van der Waals surface area contributed by atoms with E-state index in [9.17, 15) is 13.6 Å². The quantitative estimate of drug-likeness (QED) is 0.825. The second kappa shape index (κ2) is 6.08. The lowest BCUT2D eigenvalue weighted by Gasteiger charge is -2.28. The molecule has 1 aliphatic heterocycles. The Labute approximate surface area is 110 Å². The Morgan fingerprint density at radius 1 is 1.32 bits per heavy atom. The lowest BCUT2D eigenvalue weighted by Crippen LogP contribution is -3.18. The van der Waals surface area contributed by atoms with E-state index in [0.717, 1.165) is 17.0 Å². The fourth-order valence-electron chi connectivity index (χ4n) is 2.10. The summed E-state index contributed by atoms with van der Waals surface area (Å²) in [6.45, 7) is 4.37. The number of carbonyl (C=O) groups is 1. The minimum atomic E-state index is -0.766. The van der Waals surface area contributed by atoms with Crippen molar-refractivity contribution in [2.24, 2.45) is 0 Å². The zero-order valence-corrected chi connectivity index (χ0v) is 10.7. The number of hydrogen-bond donors (Lipinski definition) is 2. The molecule has 1 aromatic rings. The Kier molecular flexibility index (Phi) is 4.44. The maximum absolute atomic E-state index is 13.4. The highest BCUT2D eigenvalue weighted by molar-refractivity contribution is 5.93. The van der Waals surface area contributed by atoms with Crippen LogP contribution in [0.1, 0.15) is 6.92 Å². The number of benzene rings is 1. The van der Waals surface area contributed by atoms with Gasteiger partial charge in [0.25, 0.3) is 5.91 Å². The van der Waals surface area contributed by atoms with Crippen molar-refractivity contribution in [3.05, 3.63) is 29.8 Å². The molecule has 0 saturated carbocycles. The van der Waals surface area contributed by atoms with Crippen molar-refractivity contribution < 1.29 is 23.2 Å². The van der Waals surface area contributed by atoms with E-state index >= 15 is 0 Å². The van der Waals surface area contributed by atoms with Crippen LogP contribution in [0.25, 0.3) is 0 Å². The van der Waals surface area contributed by atoms with Gasteiger partial charge in [0, 0.05) is 0 Å². The molecule has 1 amide bonds.